The molecular formula is C23H24ClN3O3S2. The molecule has 1 aliphatic rings. The van der Waals surface area contributed by atoms with Gasteiger partial charge in [0.25, 0.3) is 5.91 Å². The third kappa shape index (κ3) is 4.37. The number of sulfonamides is 1. The molecular weight excluding hydrogens is 466 g/mol. The molecule has 0 saturated carbocycles. The molecule has 2 heterocycles. The van der Waals surface area contributed by atoms with Crippen LogP contribution in [-0.2, 0) is 10.0 Å². The molecule has 0 N–H and O–H groups in total. The molecule has 3 aromatic rings. The standard InChI is InChI=1S/C23H24ClN3O3S2/c1-15-6-10-19(11-7-15)31-22-16(2)25-27(17(22)3)23(28)21-5-4-14-26(21)32(29,30)20-12-8-18(24)9-13-20/h6-13,21H,4-5,14H2,1-3H3/t21-/m1/s1. The number of aromatic nitrogens is 2. The maximum atomic E-state index is 13.4. The van der Waals surface area contributed by atoms with Crippen molar-refractivity contribution in [2.75, 3.05) is 6.54 Å². The third-order valence-electron chi connectivity index (χ3n) is 5.58. The summed E-state index contributed by atoms with van der Waals surface area (Å²) < 4.78 is 29.1. The van der Waals surface area contributed by atoms with Crippen LogP contribution in [0.3, 0.4) is 0 Å². The van der Waals surface area contributed by atoms with Crippen LogP contribution >= 0.6 is 23.4 Å². The lowest BCUT2D eigenvalue weighted by atomic mass is 10.2. The summed E-state index contributed by atoms with van der Waals surface area (Å²) in [5.41, 5.74) is 2.64. The highest BCUT2D eigenvalue weighted by atomic mass is 35.5. The summed E-state index contributed by atoms with van der Waals surface area (Å²) in [6, 6.07) is 13.4. The summed E-state index contributed by atoms with van der Waals surface area (Å²) in [6.07, 6.45) is 1.08. The van der Waals surface area contributed by atoms with E-state index in [1.54, 1.807) is 11.8 Å². The van der Waals surface area contributed by atoms with E-state index in [4.69, 9.17) is 11.6 Å². The zero-order chi connectivity index (χ0) is 23.0. The lowest BCUT2D eigenvalue weighted by molar-refractivity contribution is 0.0813. The van der Waals surface area contributed by atoms with E-state index in [0.717, 1.165) is 15.5 Å². The van der Waals surface area contributed by atoms with Gasteiger partial charge in [-0.3, -0.25) is 4.79 Å². The van der Waals surface area contributed by atoms with Gasteiger partial charge in [-0.05, 0) is 70.0 Å². The molecule has 1 saturated heterocycles. The minimum absolute atomic E-state index is 0.130. The first kappa shape index (κ1) is 23.0. The van der Waals surface area contributed by atoms with Crippen molar-refractivity contribution < 1.29 is 13.2 Å². The number of benzene rings is 2. The quantitative estimate of drug-likeness (QED) is 0.498. The van der Waals surface area contributed by atoms with E-state index in [0.29, 0.717) is 30.1 Å². The topological polar surface area (TPSA) is 72.3 Å². The Morgan fingerprint density at radius 2 is 1.72 bits per heavy atom. The zero-order valence-electron chi connectivity index (χ0n) is 18.1. The van der Waals surface area contributed by atoms with Gasteiger partial charge in [0.2, 0.25) is 10.0 Å². The Morgan fingerprint density at radius 3 is 2.38 bits per heavy atom. The van der Waals surface area contributed by atoms with Gasteiger partial charge in [-0.2, -0.15) is 9.40 Å². The number of rotatable bonds is 5. The van der Waals surface area contributed by atoms with E-state index in [1.165, 1.54) is 38.8 Å². The van der Waals surface area contributed by atoms with Gasteiger partial charge in [0.05, 0.1) is 21.2 Å². The lowest BCUT2D eigenvalue weighted by Crippen LogP contribution is -2.43. The predicted octanol–water partition coefficient (Wildman–Crippen LogP) is 5.11. The van der Waals surface area contributed by atoms with E-state index in [2.05, 4.69) is 5.10 Å². The number of halogens is 1. The van der Waals surface area contributed by atoms with E-state index in [1.807, 2.05) is 45.0 Å². The first-order valence-corrected chi connectivity index (χ1v) is 12.9. The minimum atomic E-state index is -3.82. The molecule has 9 heteroatoms. The number of carbonyl (C=O) groups excluding carboxylic acids is 1. The largest absolute Gasteiger partial charge is 0.271 e. The van der Waals surface area contributed by atoms with Gasteiger partial charge >= 0.3 is 0 Å². The Balaban J connectivity index is 1.62. The van der Waals surface area contributed by atoms with Crippen LogP contribution in [0, 0.1) is 20.8 Å². The SMILES string of the molecule is Cc1ccc(Sc2c(C)nn(C(=O)[C@H]3CCCN3S(=O)(=O)c3ccc(Cl)cc3)c2C)cc1. The fraction of sp³-hybridized carbons (Fsp3) is 0.304. The molecule has 2 aromatic carbocycles. The highest BCUT2D eigenvalue weighted by Crippen LogP contribution is 2.34. The predicted molar refractivity (Wildman–Crippen MR) is 126 cm³/mol. The van der Waals surface area contributed by atoms with Crippen LogP contribution in [0.2, 0.25) is 5.02 Å². The van der Waals surface area contributed by atoms with Gasteiger partial charge in [0, 0.05) is 16.5 Å². The zero-order valence-corrected chi connectivity index (χ0v) is 20.5. The van der Waals surface area contributed by atoms with Crippen LogP contribution in [0.5, 0.6) is 0 Å². The summed E-state index contributed by atoms with van der Waals surface area (Å²) in [6.45, 7) is 6.05. The van der Waals surface area contributed by atoms with Gasteiger partial charge in [-0.1, -0.05) is 41.1 Å². The fourth-order valence-corrected chi connectivity index (χ4v) is 6.58. The first-order chi connectivity index (χ1) is 15.2. The third-order valence-corrected chi connectivity index (χ3v) is 9.06. The first-order valence-electron chi connectivity index (χ1n) is 10.3. The van der Waals surface area contributed by atoms with Crippen molar-refractivity contribution in [3.8, 4) is 0 Å². The van der Waals surface area contributed by atoms with Crippen LogP contribution in [0.4, 0.5) is 0 Å². The van der Waals surface area contributed by atoms with E-state index in [-0.39, 0.29) is 10.8 Å². The lowest BCUT2D eigenvalue weighted by Gasteiger charge is -2.23. The Bertz CT molecular complexity index is 1250. The minimum Gasteiger partial charge on any atom is -0.271 e. The molecule has 1 aliphatic heterocycles. The van der Waals surface area contributed by atoms with Crippen molar-refractivity contribution >= 4 is 39.3 Å². The molecule has 1 fully saturated rings. The van der Waals surface area contributed by atoms with Gasteiger partial charge in [0.1, 0.15) is 6.04 Å². The van der Waals surface area contributed by atoms with Crippen LogP contribution in [0.15, 0.2) is 63.2 Å². The molecule has 168 valence electrons. The smallest absolute Gasteiger partial charge is 0.265 e. The molecule has 0 bridgehead atoms. The molecule has 0 aliphatic carbocycles. The van der Waals surface area contributed by atoms with Crippen molar-refractivity contribution in [3.63, 3.8) is 0 Å². The summed E-state index contributed by atoms with van der Waals surface area (Å²) in [5.74, 6) is -0.323. The molecule has 1 aromatic heterocycles. The van der Waals surface area contributed by atoms with Gasteiger partial charge in [-0.15, -0.1) is 0 Å². The molecule has 0 spiro atoms. The van der Waals surface area contributed by atoms with Gasteiger partial charge in [0.15, 0.2) is 0 Å². The van der Waals surface area contributed by atoms with Crippen molar-refractivity contribution in [1.29, 1.82) is 0 Å². The van der Waals surface area contributed by atoms with Crippen molar-refractivity contribution in [1.82, 2.24) is 14.1 Å². The molecule has 0 amide bonds. The Labute approximate surface area is 197 Å². The Morgan fingerprint density at radius 1 is 1.06 bits per heavy atom. The van der Waals surface area contributed by atoms with E-state index >= 15 is 0 Å². The van der Waals surface area contributed by atoms with Crippen LogP contribution < -0.4 is 0 Å². The normalized spacial score (nSPS) is 17.1. The highest BCUT2D eigenvalue weighted by Gasteiger charge is 2.41. The molecule has 32 heavy (non-hydrogen) atoms. The summed E-state index contributed by atoms with van der Waals surface area (Å²) in [4.78, 5) is 15.5. The molecule has 0 unspecified atom stereocenters. The second-order valence-corrected chi connectivity index (χ2v) is 11.3. The van der Waals surface area contributed by atoms with E-state index < -0.39 is 16.1 Å². The maximum Gasteiger partial charge on any atom is 0.265 e. The highest BCUT2D eigenvalue weighted by molar-refractivity contribution is 7.99. The number of carbonyl (C=O) groups is 1. The van der Waals surface area contributed by atoms with Crippen LogP contribution in [-0.4, -0.2) is 41.0 Å². The molecule has 0 radical (unpaired) electrons. The maximum absolute atomic E-state index is 13.4. The fourth-order valence-electron chi connectivity index (χ4n) is 3.87. The monoisotopic (exact) mass is 489 g/mol. The van der Waals surface area contributed by atoms with Crippen molar-refractivity contribution in [3.05, 3.63) is 70.5 Å². The Hall–Kier alpha value is -2.13. The van der Waals surface area contributed by atoms with Gasteiger partial charge in [-0.25, -0.2) is 13.1 Å². The number of aryl methyl sites for hydroxylation is 2. The second kappa shape index (κ2) is 9.02. The van der Waals surface area contributed by atoms with Crippen molar-refractivity contribution in [2.45, 2.75) is 54.3 Å². The molecule has 6 nitrogen and oxygen atoms in total. The summed E-state index contributed by atoms with van der Waals surface area (Å²) >= 11 is 7.46. The number of nitrogens with zero attached hydrogens (tertiary/aromatic N) is 3. The average Bonchev–Trinajstić information content (AvgIpc) is 3.36. The summed E-state index contributed by atoms with van der Waals surface area (Å²) in [5, 5.41) is 4.93. The van der Waals surface area contributed by atoms with Crippen LogP contribution in [0.1, 0.15) is 34.6 Å². The Kier molecular flexibility index (Phi) is 6.49. The van der Waals surface area contributed by atoms with Gasteiger partial charge < -0.3 is 0 Å². The average molecular weight is 490 g/mol. The number of hydrogen-bond donors (Lipinski definition) is 0. The molecule has 4 rings (SSSR count). The second-order valence-electron chi connectivity index (χ2n) is 7.89. The summed E-state index contributed by atoms with van der Waals surface area (Å²) in [7, 11) is -3.82. The van der Waals surface area contributed by atoms with Crippen LogP contribution in [0.25, 0.3) is 0 Å². The number of hydrogen-bond acceptors (Lipinski definition) is 5. The molecule has 1 atom stereocenters. The van der Waals surface area contributed by atoms with E-state index in [9.17, 15) is 13.2 Å². The van der Waals surface area contributed by atoms with Crippen molar-refractivity contribution in [2.24, 2.45) is 0 Å².